The summed E-state index contributed by atoms with van der Waals surface area (Å²) in [7, 11) is 0. The SMILES string of the molecule is Brc1cnc2c(cnn2C[C@H]2CCO2)n1. The van der Waals surface area contributed by atoms with Gasteiger partial charge < -0.3 is 4.74 Å². The van der Waals surface area contributed by atoms with Crippen molar-refractivity contribution < 1.29 is 4.74 Å². The van der Waals surface area contributed by atoms with Gasteiger partial charge >= 0.3 is 0 Å². The minimum absolute atomic E-state index is 0.290. The molecule has 0 bridgehead atoms. The Morgan fingerprint density at radius 1 is 1.53 bits per heavy atom. The monoisotopic (exact) mass is 268 g/mol. The zero-order valence-electron chi connectivity index (χ0n) is 7.93. The van der Waals surface area contributed by atoms with E-state index in [-0.39, 0.29) is 0 Å². The first kappa shape index (κ1) is 9.23. The Morgan fingerprint density at radius 2 is 2.40 bits per heavy atom. The molecular weight excluding hydrogens is 260 g/mol. The average Bonchev–Trinajstić information content (AvgIpc) is 2.54. The maximum atomic E-state index is 5.36. The average molecular weight is 269 g/mol. The lowest BCUT2D eigenvalue weighted by Gasteiger charge is -2.26. The van der Waals surface area contributed by atoms with Crippen molar-refractivity contribution in [3.8, 4) is 0 Å². The van der Waals surface area contributed by atoms with Gasteiger partial charge in [-0.3, -0.25) is 0 Å². The van der Waals surface area contributed by atoms with E-state index in [2.05, 4.69) is 31.0 Å². The highest BCUT2D eigenvalue weighted by atomic mass is 79.9. The number of rotatable bonds is 2. The molecule has 1 saturated heterocycles. The Balaban J connectivity index is 1.96. The minimum atomic E-state index is 0.290. The van der Waals surface area contributed by atoms with Gasteiger partial charge in [-0.25, -0.2) is 14.6 Å². The predicted molar refractivity (Wildman–Crippen MR) is 57.4 cm³/mol. The van der Waals surface area contributed by atoms with Gasteiger partial charge in [0.1, 0.15) is 10.1 Å². The van der Waals surface area contributed by atoms with E-state index in [0.29, 0.717) is 6.10 Å². The fraction of sp³-hybridized carbons (Fsp3) is 0.444. The van der Waals surface area contributed by atoms with E-state index >= 15 is 0 Å². The van der Waals surface area contributed by atoms with Crippen LogP contribution >= 0.6 is 15.9 Å². The van der Waals surface area contributed by atoms with Crippen molar-refractivity contribution in [3.63, 3.8) is 0 Å². The van der Waals surface area contributed by atoms with Gasteiger partial charge in [-0.1, -0.05) is 0 Å². The first-order chi connectivity index (χ1) is 7.33. The van der Waals surface area contributed by atoms with Crippen LogP contribution in [0.2, 0.25) is 0 Å². The summed E-state index contributed by atoms with van der Waals surface area (Å²) in [6.45, 7) is 1.63. The second kappa shape index (κ2) is 3.53. The van der Waals surface area contributed by atoms with Crippen LogP contribution in [0.4, 0.5) is 0 Å². The number of halogens is 1. The highest BCUT2D eigenvalue weighted by molar-refractivity contribution is 9.10. The van der Waals surface area contributed by atoms with Crippen molar-refractivity contribution in [2.75, 3.05) is 6.61 Å². The van der Waals surface area contributed by atoms with Crippen LogP contribution < -0.4 is 0 Å². The van der Waals surface area contributed by atoms with Crippen LogP contribution in [-0.2, 0) is 11.3 Å². The standard InChI is InChI=1S/C9H9BrN4O/c10-8-4-11-9-7(13-8)3-12-14(9)5-6-1-2-15-6/h3-4,6H,1-2,5H2/t6-/m1/s1. The lowest BCUT2D eigenvalue weighted by Crippen LogP contribution is -2.31. The molecule has 0 N–H and O–H groups in total. The summed E-state index contributed by atoms with van der Waals surface area (Å²) >= 11 is 3.28. The van der Waals surface area contributed by atoms with Crippen molar-refractivity contribution in [2.24, 2.45) is 0 Å². The second-order valence-corrected chi connectivity index (χ2v) is 4.32. The van der Waals surface area contributed by atoms with Crippen LogP contribution in [0.3, 0.4) is 0 Å². The Labute approximate surface area is 94.6 Å². The molecule has 15 heavy (non-hydrogen) atoms. The fourth-order valence-corrected chi connectivity index (χ4v) is 1.89. The summed E-state index contributed by atoms with van der Waals surface area (Å²) in [6.07, 6.45) is 4.80. The van der Waals surface area contributed by atoms with Crippen molar-refractivity contribution in [1.82, 2.24) is 19.7 Å². The lowest BCUT2D eigenvalue weighted by atomic mass is 10.2. The molecule has 2 aromatic heterocycles. The summed E-state index contributed by atoms with van der Waals surface area (Å²) in [5.74, 6) is 0. The summed E-state index contributed by atoms with van der Waals surface area (Å²) in [4.78, 5) is 8.57. The smallest absolute Gasteiger partial charge is 0.176 e. The van der Waals surface area contributed by atoms with Gasteiger partial charge in [0.25, 0.3) is 0 Å². The van der Waals surface area contributed by atoms with Crippen LogP contribution in [0.5, 0.6) is 0 Å². The van der Waals surface area contributed by atoms with Crippen molar-refractivity contribution in [1.29, 1.82) is 0 Å². The van der Waals surface area contributed by atoms with E-state index in [0.717, 1.165) is 35.3 Å². The summed E-state index contributed by atoms with van der Waals surface area (Å²) < 4.78 is 7.94. The van der Waals surface area contributed by atoms with E-state index in [1.807, 2.05) is 4.68 Å². The largest absolute Gasteiger partial charge is 0.376 e. The molecule has 1 aliphatic rings. The Hall–Kier alpha value is -1.01. The first-order valence-corrected chi connectivity index (χ1v) is 5.58. The van der Waals surface area contributed by atoms with Crippen molar-refractivity contribution in [3.05, 3.63) is 17.0 Å². The minimum Gasteiger partial charge on any atom is -0.376 e. The van der Waals surface area contributed by atoms with Crippen molar-refractivity contribution >= 4 is 27.1 Å². The summed E-state index contributed by atoms with van der Waals surface area (Å²) in [5, 5.41) is 4.25. The Morgan fingerprint density at radius 3 is 3.13 bits per heavy atom. The summed E-state index contributed by atoms with van der Waals surface area (Å²) in [6, 6.07) is 0. The number of nitrogens with zero attached hydrogens (tertiary/aromatic N) is 4. The van der Waals surface area contributed by atoms with Gasteiger partial charge in [0.15, 0.2) is 5.65 Å². The molecule has 0 radical (unpaired) electrons. The van der Waals surface area contributed by atoms with E-state index in [9.17, 15) is 0 Å². The van der Waals surface area contributed by atoms with Crippen molar-refractivity contribution in [2.45, 2.75) is 19.1 Å². The van der Waals surface area contributed by atoms with E-state index in [1.54, 1.807) is 12.4 Å². The molecule has 1 fully saturated rings. The second-order valence-electron chi connectivity index (χ2n) is 3.51. The maximum Gasteiger partial charge on any atom is 0.176 e. The third-order valence-electron chi connectivity index (χ3n) is 2.48. The molecule has 0 saturated carbocycles. The summed E-state index contributed by atoms with van der Waals surface area (Å²) in [5.41, 5.74) is 1.62. The number of aromatic nitrogens is 4. The van der Waals surface area contributed by atoms with E-state index in [4.69, 9.17) is 4.74 Å². The molecule has 0 aliphatic carbocycles. The third-order valence-corrected chi connectivity index (χ3v) is 2.87. The molecular formula is C9H9BrN4O. The van der Waals surface area contributed by atoms with Gasteiger partial charge in [-0.15, -0.1) is 0 Å². The third kappa shape index (κ3) is 1.63. The van der Waals surface area contributed by atoms with E-state index in [1.165, 1.54) is 0 Å². The highest BCUT2D eigenvalue weighted by Crippen LogP contribution is 2.17. The molecule has 0 unspecified atom stereocenters. The first-order valence-electron chi connectivity index (χ1n) is 4.78. The zero-order valence-corrected chi connectivity index (χ0v) is 9.51. The quantitative estimate of drug-likeness (QED) is 0.826. The molecule has 6 heteroatoms. The fourth-order valence-electron chi connectivity index (χ4n) is 1.59. The Bertz CT molecular complexity index is 494. The number of hydrogen-bond donors (Lipinski definition) is 0. The Kier molecular flexibility index (Phi) is 2.17. The molecule has 1 aliphatic heterocycles. The molecule has 5 nitrogen and oxygen atoms in total. The van der Waals surface area contributed by atoms with Crippen LogP contribution in [0.1, 0.15) is 6.42 Å². The number of ether oxygens (including phenoxy) is 1. The van der Waals surface area contributed by atoms with E-state index < -0.39 is 0 Å². The van der Waals surface area contributed by atoms with Gasteiger partial charge in [-0.2, -0.15) is 5.10 Å². The van der Waals surface area contributed by atoms with Gasteiger partial charge in [0.2, 0.25) is 0 Å². The molecule has 1 atom stereocenters. The van der Waals surface area contributed by atoms with Gasteiger partial charge in [0.05, 0.1) is 25.0 Å². The number of hydrogen-bond acceptors (Lipinski definition) is 4. The van der Waals surface area contributed by atoms with Crippen LogP contribution in [0.15, 0.2) is 17.0 Å². The molecule has 0 amide bonds. The number of fused-ring (bicyclic) bond motifs is 1. The zero-order chi connectivity index (χ0) is 10.3. The highest BCUT2D eigenvalue weighted by Gasteiger charge is 2.20. The predicted octanol–water partition coefficient (Wildman–Crippen LogP) is 1.38. The molecule has 0 spiro atoms. The normalized spacial score (nSPS) is 20.5. The van der Waals surface area contributed by atoms with Gasteiger partial charge in [-0.05, 0) is 22.4 Å². The van der Waals surface area contributed by atoms with Gasteiger partial charge in [0, 0.05) is 6.61 Å². The molecule has 78 valence electrons. The van der Waals surface area contributed by atoms with Crippen LogP contribution in [0.25, 0.3) is 11.2 Å². The molecule has 2 aromatic rings. The van der Waals surface area contributed by atoms with Crippen LogP contribution in [-0.4, -0.2) is 32.5 Å². The maximum absolute atomic E-state index is 5.36. The molecule has 3 heterocycles. The topological polar surface area (TPSA) is 52.8 Å². The van der Waals surface area contributed by atoms with Crippen LogP contribution in [0, 0.1) is 0 Å². The molecule has 0 aromatic carbocycles. The lowest BCUT2D eigenvalue weighted by molar-refractivity contribution is -0.0603. The molecule has 3 rings (SSSR count).